The van der Waals surface area contributed by atoms with E-state index in [1.165, 1.54) is 5.56 Å². The highest BCUT2D eigenvalue weighted by Gasteiger charge is 2.43. The van der Waals surface area contributed by atoms with Crippen molar-refractivity contribution < 1.29 is 4.79 Å². The summed E-state index contributed by atoms with van der Waals surface area (Å²) in [5.41, 5.74) is 6.53. The standard InChI is InChI=1S/C18H28N2O/c1-17(2,18(3,4)19)16(21)20-12-10-15(11-13-20)14-8-6-5-7-9-14/h5-9,15H,10-13,19H2,1-4H3. The zero-order valence-corrected chi connectivity index (χ0v) is 13.7. The number of benzene rings is 1. The first kappa shape index (κ1) is 16.0. The lowest BCUT2D eigenvalue weighted by atomic mass is 9.73. The van der Waals surface area contributed by atoms with E-state index < -0.39 is 11.0 Å². The number of piperidine rings is 1. The second kappa shape index (κ2) is 5.80. The molecule has 116 valence electrons. The number of carbonyl (C=O) groups excluding carboxylic acids is 1. The Balaban J connectivity index is 2.00. The van der Waals surface area contributed by atoms with Gasteiger partial charge in [-0.2, -0.15) is 0 Å². The third-order valence-corrected chi connectivity index (χ3v) is 5.20. The summed E-state index contributed by atoms with van der Waals surface area (Å²) in [4.78, 5) is 14.7. The van der Waals surface area contributed by atoms with E-state index in [4.69, 9.17) is 5.73 Å². The molecule has 2 rings (SSSR count). The predicted molar refractivity (Wildman–Crippen MR) is 87.0 cm³/mol. The minimum atomic E-state index is -0.535. The Bertz CT molecular complexity index is 480. The van der Waals surface area contributed by atoms with Gasteiger partial charge in [-0.3, -0.25) is 4.79 Å². The number of carbonyl (C=O) groups is 1. The lowest BCUT2D eigenvalue weighted by Gasteiger charge is -2.43. The largest absolute Gasteiger partial charge is 0.342 e. The van der Waals surface area contributed by atoms with Crippen molar-refractivity contribution in [2.24, 2.45) is 11.1 Å². The van der Waals surface area contributed by atoms with Crippen LogP contribution in [0.4, 0.5) is 0 Å². The fourth-order valence-corrected chi connectivity index (χ4v) is 2.81. The van der Waals surface area contributed by atoms with Crippen LogP contribution in [0, 0.1) is 5.41 Å². The summed E-state index contributed by atoms with van der Waals surface area (Å²) in [6.07, 6.45) is 2.08. The molecule has 0 aliphatic carbocycles. The maximum absolute atomic E-state index is 12.8. The first-order valence-electron chi connectivity index (χ1n) is 7.86. The smallest absolute Gasteiger partial charge is 0.230 e. The van der Waals surface area contributed by atoms with Crippen LogP contribution in [0.25, 0.3) is 0 Å². The molecule has 1 aromatic rings. The monoisotopic (exact) mass is 288 g/mol. The van der Waals surface area contributed by atoms with Gasteiger partial charge in [-0.1, -0.05) is 30.3 Å². The number of likely N-dealkylation sites (tertiary alicyclic amines) is 1. The third kappa shape index (κ3) is 3.29. The molecule has 1 heterocycles. The lowest BCUT2D eigenvalue weighted by Crippen LogP contribution is -2.57. The van der Waals surface area contributed by atoms with Crippen molar-refractivity contribution in [3.05, 3.63) is 35.9 Å². The van der Waals surface area contributed by atoms with E-state index in [9.17, 15) is 4.79 Å². The maximum atomic E-state index is 12.8. The topological polar surface area (TPSA) is 46.3 Å². The average Bonchev–Trinajstić information content (AvgIpc) is 2.46. The van der Waals surface area contributed by atoms with Crippen LogP contribution < -0.4 is 5.73 Å². The Morgan fingerprint density at radius 1 is 1.10 bits per heavy atom. The van der Waals surface area contributed by atoms with Crippen LogP contribution in [-0.2, 0) is 4.79 Å². The van der Waals surface area contributed by atoms with Gasteiger partial charge < -0.3 is 10.6 Å². The van der Waals surface area contributed by atoms with E-state index in [0.717, 1.165) is 25.9 Å². The van der Waals surface area contributed by atoms with Gasteiger partial charge in [0.05, 0.1) is 5.41 Å². The minimum Gasteiger partial charge on any atom is -0.342 e. The molecule has 1 amide bonds. The fourth-order valence-electron chi connectivity index (χ4n) is 2.81. The van der Waals surface area contributed by atoms with Gasteiger partial charge in [0.25, 0.3) is 0 Å². The molecule has 0 atom stereocenters. The quantitative estimate of drug-likeness (QED) is 0.928. The van der Waals surface area contributed by atoms with E-state index >= 15 is 0 Å². The van der Waals surface area contributed by atoms with Crippen LogP contribution >= 0.6 is 0 Å². The van der Waals surface area contributed by atoms with Crippen molar-refractivity contribution in [3.8, 4) is 0 Å². The molecule has 2 N–H and O–H groups in total. The molecule has 0 saturated carbocycles. The Hall–Kier alpha value is -1.35. The first-order chi connectivity index (χ1) is 9.73. The molecule has 1 aromatic carbocycles. The summed E-state index contributed by atoms with van der Waals surface area (Å²) < 4.78 is 0. The number of hydrogen-bond acceptors (Lipinski definition) is 2. The van der Waals surface area contributed by atoms with E-state index in [2.05, 4.69) is 24.3 Å². The van der Waals surface area contributed by atoms with Crippen LogP contribution in [0.5, 0.6) is 0 Å². The molecule has 1 saturated heterocycles. The Morgan fingerprint density at radius 3 is 2.10 bits per heavy atom. The molecule has 1 aliphatic heterocycles. The molecule has 0 unspecified atom stereocenters. The Kier molecular flexibility index (Phi) is 4.43. The number of nitrogens with zero attached hydrogens (tertiary/aromatic N) is 1. The highest BCUT2D eigenvalue weighted by atomic mass is 16.2. The van der Waals surface area contributed by atoms with Crippen LogP contribution in [0.1, 0.15) is 52.0 Å². The van der Waals surface area contributed by atoms with Gasteiger partial charge in [-0.25, -0.2) is 0 Å². The molecule has 0 aromatic heterocycles. The van der Waals surface area contributed by atoms with Gasteiger partial charge in [-0.05, 0) is 52.0 Å². The fraction of sp³-hybridized carbons (Fsp3) is 0.611. The minimum absolute atomic E-state index is 0.182. The van der Waals surface area contributed by atoms with Crippen molar-refractivity contribution in [1.29, 1.82) is 0 Å². The zero-order chi connectivity index (χ0) is 15.7. The molecule has 0 radical (unpaired) electrons. The number of amides is 1. The van der Waals surface area contributed by atoms with E-state index in [0.29, 0.717) is 5.92 Å². The summed E-state index contributed by atoms with van der Waals surface area (Å²) in [6.45, 7) is 9.44. The van der Waals surface area contributed by atoms with Crippen LogP contribution in [-0.4, -0.2) is 29.4 Å². The van der Waals surface area contributed by atoms with Crippen molar-refractivity contribution in [1.82, 2.24) is 4.90 Å². The molecule has 1 aliphatic rings. The molecular formula is C18H28N2O. The van der Waals surface area contributed by atoms with E-state index in [1.54, 1.807) is 0 Å². The van der Waals surface area contributed by atoms with Crippen LogP contribution in [0.15, 0.2) is 30.3 Å². The maximum Gasteiger partial charge on any atom is 0.230 e. The Labute approximate surface area is 128 Å². The highest BCUT2D eigenvalue weighted by Crippen LogP contribution is 2.34. The molecule has 3 heteroatoms. The molecule has 0 spiro atoms. The Morgan fingerprint density at radius 2 is 1.62 bits per heavy atom. The van der Waals surface area contributed by atoms with Gasteiger partial charge in [0, 0.05) is 18.6 Å². The van der Waals surface area contributed by atoms with E-state index in [1.807, 2.05) is 38.7 Å². The summed E-state index contributed by atoms with van der Waals surface area (Å²) in [6, 6.07) is 10.6. The molecule has 3 nitrogen and oxygen atoms in total. The summed E-state index contributed by atoms with van der Waals surface area (Å²) >= 11 is 0. The zero-order valence-electron chi connectivity index (χ0n) is 13.7. The summed E-state index contributed by atoms with van der Waals surface area (Å²) in [5.74, 6) is 0.755. The molecular weight excluding hydrogens is 260 g/mol. The molecule has 21 heavy (non-hydrogen) atoms. The van der Waals surface area contributed by atoms with Crippen molar-refractivity contribution in [2.75, 3.05) is 13.1 Å². The van der Waals surface area contributed by atoms with Crippen molar-refractivity contribution >= 4 is 5.91 Å². The summed E-state index contributed by atoms with van der Waals surface area (Å²) in [5, 5.41) is 0. The molecule has 1 fully saturated rings. The van der Waals surface area contributed by atoms with E-state index in [-0.39, 0.29) is 5.91 Å². The SMILES string of the molecule is CC(C)(N)C(C)(C)C(=O)N1CCC(c2ccccc2)CC1. The average molecular weight is 288 g/mol. The second-order valence-electron chi connectivity index (χ2n) is 7.32. The van der Waals surface area contributed by atoms with Crippen molar-refractivity contribution in [3.63, 3.8) is 0 Å². The predicted octanol–water partition coefficient (Wildman–Crippen LogP) is 3.16. The highest BCUT2D eigenvalue weighted by molar-refractivity contribution is 5.83. The number of hydrogen-bond donors (Lipinski definition) is 1. The van der Waals surface area contributed by atoms with Gasteiger partial charge in [0.15, 0.2) is 0 Å². The number of nitrogens with two attached hydrogens (primary N) is 1. The van der Waals surface area contributed by atoms with Gasteiger partial charge in [-0.15, -0.1) is 0 Å². The summed E-state index contributed by atoms with van der Waals surface area (Å²) in [7, 11) is 0. The number of rotatable bonds is 3. The second-order valence-corrected chi connectivity index (χ2v) is 7.32. The molecule has 0 bridgehead atoms. The first-order valence-corrected chi connectivity index (χ1v) is 7.86. The van der Waals surface area contributed by atoms with Gasteiger partial charge in [0.2, 0.25) is 5.91 Å². The third-order valence-electron chi connectivity index (χ3n) is 5.20. The van der Waals surface area contributed by atoms with Crippen LogP contribution in [0.2, 0.25) is 0 Å². The lowest BCUT2D eigenvalue weighted by molar-refractivity contribution is -0.144. The van der Waals surface area contributed by atoms with Crippen LogP contribution in [0.3, 0.4) is 0 Å². The van der Waals surface area contributed by atoms with Crippen molar-refractivity contribution in [2.45, 2.75) is 52.0 Å². The van der Waals surface area contributed by atoms with Gasteiger partial charge >= 0.3 is 0 Å². The van der Waals surface area contributed by atoms with Gasteiger partial charge in [0.1, 0.15) is 0 Å². The normalized spacial score (nSPS) is 17.9.